The fourth-order valence-corrected chi connectivity index (χ4v) is 1.70. The summed E-state index contributed by atoms with van der Waals surface area (Å²) in [6, 6.07) is 16.0. The zero-order chi connectivity index (χ0) is 12.3. The minimum absolute atomic E-state index is 0.781. The third kappa shape index (κ3) is 2.48. The first-order chi connectivity index (χ1) is 8.20. The Balaban J connectivity index is 2.32. The normalized spacial score (nSPS) is 11.5. The van der Waals surface area contributed by atoms with Gasteiger partial charge in [0.1, 0.15) is 0 Å². The SMILES string of the molecule is C/C=C(\N)c1ccc(-c2ccc(N)cc2)cc1. The van der Waals surface area contributed by atoms with Gasteiger partial charge in [0.2, 0.25) is 0 Å². The van der Waals surface area contributed by atoms with Crippen LogP contribution in [0.15, 0.2) is 54.6 Å². The van der Waals surface area contributed by atoms with Gasteiger partial charge in [-0.1, -0.05) is 42.5 Å². The molecule has 0 spiro atoms. The van der Waals surface area contributed by atoms with Crippen LogP contribution in [-0.2, 0) is 0 Å². The molecule has 0 radical (unpaired) electrons. The van der Waals surface area contributed by atoms with Gasteiger partial charge in [-0.3, -0.25) is 0 Å². The standard InChI is InChI=1S/C15H16N2/c1-2-15(17)13-5-3-11(4-6-13)12-7-9-14(16)10-8-12/h2-10H,16-17H2,1H3/b15-2-. The van der Waals surface area contributed by atoms with E-state index in [9.17, 15) is 0 Å². The summed E-state index contributed by atoms with van der Waals surface area (Å²) < 4.78 is 0. The van der Waals surface area contributed by atoms with E-state index in [-0.39, 0.29) is 0 Å². The van der Waals surface area contributed by atoms with Crippen molar-refractivity contribution in [1.29, 1.82) is 0 Å². The lowest BCUT2D eigenvalue weighted by molar-refractivity contribution is 1.49. The zero-order valence-electron chi connectivity index (χ0n) is 9.85. The molecule has 0 saturated heterocycles. The van der Waals surface area contributed by atoms with Crippen molar-refractivity contribution in [3.63, 3.8) is 0 Å². The molecule has 2 aromatic carbocycles. The van der Waals surface area contributed by atoms with Crippen LogP contribution in [0.5, 0.6) is 0 Å². The fraction of sp³-hybridized carbons (Fsp3) is 0.0667. The Morgan fingerprint density at radius 2 is 1.35 bits per heavy atom. The topological polar surface area (TPSA) is 52.0 Å². The highest BCUT2D eigenvalue weighted by Crippen LogP contribution is 2.22. The average molecular weight is 224 g/mol. The summed E-state index contributed by atoms with van der Waals surface area (Å²) in [4.78, 5) is 0. The summed E-state index contributed by atoms with van der Waals surface area (Å²) in [6.07, 6.45) is 1.90. The van der Waals surface area contributed by atoms with E-state index in [2.05, 4.69) is 12.1 Å². The molecule has 0 unspecified atom stereocenters. The summed E-state index contributed by atoms with van der Waals surface area (Å²) in [5.41, 5.74) is 16.5. The lowest BCUT2D eigenvalue weighted by Crippen LogP contribution is -1.94. The number of benzene rings is 2. The second-order valence-electron chi connectivity index (χ2n) is 3.94. The highest BCUT2D eigenvalue weighted by atomic mass is 14.6. The third-order valence-electron chi connectivity index (χ3n) is 2.77. The second-order valence-corrected chi connectivity index (χ2v) is 3.94. The van der Waals surface area contributed by atoms with Crippen LogP contribution in [0.2, 0.25) is 0 Å². The van der Waals surface area contributed by atoms with Gasteiger partial charge in [0.15, 0.2) is 0 Å². The summed E-state index contributed by atoms with van der Waals surface area (Å²) in [7, 11) is 0. The summed E-state index contributed by atoms with van der Waals surface area (Å²) in [5, 5.41) is 0. The van der Waals surface area contributed by atoms with Crippen molar-refractivity contribution in [2.24, 2.45) is 5.73 Å². The van der Waals surface area contributed by atoms with Crippen LogP contribution in [0.4, 0.5) is 5.69 Å². The quantitative estimate of drug-likeness (QED) is 0.769. The Kier molecular flexibility index (Phi) is 3.15. The molecule has 0 fully saturated rings. The van der Waals surface area contributed by atoms with Gasteiger partial charge in [-0.2, -0.15) is 0 Å². The van der Waals surface area contributed by atoms with Crippen molar-refractivity contribution >= 4 is 11.4 Å². The number of nitrogen functional groups attached to an aromatic ring is 1. The molecule has 0 amide bonds. The van der Waals surface area contributed by atoms with Gasteiger partial charge < -0.3 is 11.5 Å². The molecule has 2 nitrogen and oxygen atoms in total. The van der Waals surface area contributed by atoms with Gasteiger partial charge in [0.25, 0.3) is 0 Å². The average Bonchev–Trinajstić information content (AvgIpc) is 2.39. The third-order valence-corrected chi connectivity index (χ3v) is 2.77. The van der Waals surface area contributed by atoms with E-state index in [1.807, 2.05) is 49.4 Å². The molecule has 4 N–H and O–H groups in total. The predicted octanol–water partition coefficient (Wildman–Crippen LogP) is 3.26. The zero-order valence-corrected chi connectivity index (χ0v) is 9.85. The number of hydrogen-bond donors (Lipinski definition) is 2. The van der Waals surface area contributed by atoms with E-state index in [1.165, 1.54) is 0 Å². The van der Waals surface area contributed by atoms with E-state index < -0.39 is 0 Å². The molecule has 0 aliphatic carbocycles. The molecule has 0 heterocycles. The first kappa shape index (κ1) is 11.3. The van der Waals surface area contributed by atoms with Crippen LogP contribution in [0.1, 0.15) is 12.5 Å². The molecular weight excluding hydrogens is 208 g/mol. The molecule has 0 aliphatic rings. The summed E-state index contributed by atoms with van der Waals surface area (Å²) in [5.74, 6) is 0. The second kappa shape index (κ2) is 4.74. The lowest BCUT2D eigenvalue weighted by Gasteiger charge is -2.05. The largest absolute Gasteiger partial charge is 0.399 e. The molecule has 2 aromatic rings. The van der Waals surface area contributed by atoms with Crippen LogP contribution in [0.3, 0.4) is 0 Å². The fourth-order valence-electron chi connectivity index (χ4n) is 1.70. The number of nitrogens with two attached hydrogens (primary N) is 2. The van der Waals surface area contributed by atoms with E-state index >= 15 is 0 Å². The number of hydrogen-bond acceptors (Lipinski definition) is 2. The summed E-state index contributed by atoms with van der Waals surface area (Å²) in [6.45, 7) is 1.93. The highest BCUT2D eigenvalue weighted by Gasteiger charge is 1.99. The Morgan fingerprint density at radius 3 is 1.82 bits per heavy atom. The molecule has 0 aliphatic heterocycles. The van der Waals surface area contributed by atoms with E-state index in [0.29, 0.717) is 0 Å². The maximum atomic E-state index is 5.85. The minimum atomic E-state index is 0.781. The van der Waals surface area contributed by atoms with Gasteiger partial charge in [-0.25, -0.2) is 0 Å². The predicted molar refractivity (Wildman–Crippen MR) is 74.1 cm³/mol. The van der Waals surface area contributed by atoms with Crippen molar-refractivity contribution < 1.29 is 0 Å². The monoisotopic (exact) mass is 224 g/mol. The Labute approximate surface area is 102 Å². The van der Waals surface area contributed by atoms with E-state index in [1.54, 1.807) is 0 Å². The van der Waals surface area contributed by atoms with Gasteiger partial charge >= 0.3 is 0 Å². The van der Waals surface area contributed by atoms with Crippen LogP contribution in [0.25, 0.3) is 16.8 Å². The van der Waals surface area contributed by atoms with Gasteiger partial charge in [0.05, 0.1) is 0 Å². The van der Waals surface area contributed by atoms with Crippen LogP contribution in [0, 0.1) is 0 Å². The number of allylic oxidation sites excluding steroid dienone is 1. The van der Waals surface area contributed by atoms with Gasteiger partial charge in [-0.05, 0) is 35.7 Å². The Bertz CT molecular complexity index is 522. The molecule has 2 heteroatoms. The van der Waals surface area contributed by atoms with Gasteiger partial charge in [-0.15, -0.1) is 0 Å². The molecule has 2 rings (SSSR count). The first-order valence-electron chi connectivity index (χ1n) is 5.59. The lowest BCUT2D eigenvalue weighted by atomic mass is 10.0. The van der Waals surface area contributed by atoms with Crippen molar-refractivity contribution in [1.82, 2.24) is 0 Å². The molecule has 0 saturated carbocycles. The summed E-state index contributed by atoms with van der Waals surface area (Å²) >= 11 is 0. The van der Waals surface area contributed by atoms with E-state index in [0.717, 1.165) is 28.1 Å². The van der Waals surface area contributed by atoms with Crippen molar-refractivity contribution in [2.45, 2.75) is 6.92 Å². The van der Waals surface area contributed by atoms with Crippen molar-refractivity contribution in [3.05, 3.63) is 60.2 Å². The van der Waals surface area contributed by atoms with Crippen molar-refractivity contribution in [2.75, 3.05) is 5.73 Å². The molecule has 86 valence electrons. The van der Waals surface area contributed by atoms with Gasteiger partial charge in [0, 0.05) is 11.4 Å². The number of rotatable bonds is 2. The maximum absolute atomic E-state index is 5.85. The smallest absolute Gasteiger partial charge is 0.0344 e. The molecule has 0 bridgehead atoms. The van der Waals surface area contributed by atoms with Crippen LogP contribution in [-0.4, -0.2) is 0 Å². The maximum Gasteiger partial charge on any atom is 0.0344 e. The van der Waals surface area contributed by atoms with Crippen LogP contribution >= 0.6 is 0 Å². The number of anilines is 1. The minimum Gasteiger partial charge on any atom is -0.399 e. The molecule has 0 aromatic heterocycles. The molecular formula is C15H16N2. The molecule has 17 heavy (non-hydrogen) atoms. The molecule has 0 atom stereocenters. The first-order valence-corrected chi connectivity index (χ1v) is 5.59. The van der Waals surface area contributed by atoms with Crippen molar-refractivity contribution in [3.8, 4) is 11.1 Å². The Morgan fingerprint density at radius 1 is 0.882 bits per heavy atom. The van der Waals surface area contributed by atoms with Crippen LogP contribution < -0.4 is 11.5 Å². The van der Waals surface area contributed by atoms with E-state index in [4.69, 9.17) is 11.5 Å². The Hall–Kier alpha value is -2.22. The highest BCUT2D eigenvalue weighted by molar-refractivity contribution is 5.69.